The molecule has 7 heteroatoms. The van der Waals surface area contributed by atoms with Gasteiger partial charge in [0.25, 0.3) is 0 Å². The van der Waals surface area contributed by atoms with Gasteiger partial charge >= 0.3 is 6.01 Å². The van der Waals surface area contributed by atoms with Gasteiger partial charge in [0.1, 0.15) is 5.75 Å². The lowest BCUT2D eigenvalue weighted by Crippen LogP contribution is -2.04. The third-order valence-electron chi connectivity index (χ3n) is 3.09. The third kappa shape index (κ3) is 2.64. The molecular weight excluding hydrogens is 324 g/mol. The lowest BCUT2D eigenvalue weighted by atomic mass is 10.1. The smallest absolute Gasteiger partial charge is 0.315 e. The summed E-state index contributed by atoms with van der Waals surface area (Å²) < 4.78 is 12.1. The van der Waals surface area contributed by atoms with Crippen LogP contribution in [-0.2, 0) is 13.0 Å². The minimum Gasteiger partial charge on any atom is -0.493 e. The van der Waals surface area contributed by atoms with Gasteiger partial charge in [-0.3, -0.25) is 0 Å². The van der Waals surface area contributed by atoms with E-state index >= 15 is 0 Å². The quantitative estimate of drug-likeness (QED) is 0.890. The van der Waals surface area contributed by atoms with Crippen molar-refractivity contribution in [2.75, 3.05) is 11.9 Å². The molecule has 6 nitrogen and oxygen atoms in total. The molecule has 1 aliphatic heterocycles. The Morgan fingerprint density at radius 1 is 1.45 bits per heavy atom. The van der Waals surface area contributed by atoms with Crippen molar-refractivity contribution in [1.29, 1.82) is 0 Å². The number of halogens is 1. The molecule has 0 spiro atoms. The SMILES string of the molecule is CC(N)c1nnc(NCc2cc(Br)cc3c2OCC3)o1. The Kier molecular flexibility index (Phi) is 3.62. The van der Waals surface area contributed by atoms with Crippen LogP contribution in [0.25, 0.3) is 0 Å². The number of anilines is 1. The molecule has 2 aromatic rings. The molecule has 106 valence electrons. The van der Waals surface area contributed by atoms with Crippen LogP contribution in [0.3, 0.4) is 0 Å². The van der Waals surface area contributed by atoms with Gasteiger partial charge in [0.2, 0.25) is 5.89 Å². The van der Waals surface area contributed by atoms with Gasteiger partial charge in [-0.1, -0.05) is 21.0 Å². The maximum atomic E-state index is 5.68. The fourth-order valence-corrected chi connectivity index (χ4v) is 2.69. The van der Waals surface area contributed by atoms with Gasteiger partial charge in [0, 0.05) is 23.0 Å². The molecule has 2 heterocycles. The molecule has 0 radical (unpaired) electrons. The number of aromatic nitrogens is 2. The Morgan fingerprint density at radius 3 is 3.05 bits per heavy atom. The molecule has 1 aliphatic rings. The predicted molar refractivity (Wildman–Crippen MR) is 77.6 cm³/mol. The lowest BCUT2D eigenvalue weighted by molar-refractivity contribution is 0.353. The van der Waals surface area contributed by atoms with Gasteiger partial charge in [0.15, 0.2) is 0 Å². The highest BCUT2D eigenvalue weighted by atomic mass is 79.9. The number of nitrogens with zero attached hydrogens (tertiary/aromatic N) is 2. The van der Waals surface area contributed by atoms with E-state index < -0.39 is 0 Å². The first-order valence-corrected chi connectivity index (χ1v) is 7.19. The van der Waals surface area contributed by atoms with Crippen LogP contribution in [0, 0.1) is 0 Å². The second kappa shape index (κ2) is 5.41. The molecule has 3 rings (SSSR count). The highest BCUT2D eigenvalue weighted by Gasteiger charge is 2.18. The fraction of sp³-hybridized carbons (Fsp3) is 0.385. The minimum absolute atomic E-state index is 0.267. The summed E-state index contributed by atoms with van der Waals surface area (Å²) in [6.45, 7) is 3.09. The van der Waals surface area contributed by atoms with Gasteiger partial charge < -0.3 is 20.2 Å². The molecular formula is C13H15BrN4O2. The predicted octanol–water partition coefficient (Wildman–Crippen LogP) is 2.40. The first kappa shape index (κ1) is 13.4. The van der Waals surface area contributed by atoms with Crippen molar-refractivity contribution in [3.8, 4) is 5.75 Å². The van der Waals surface area contributed by atoms with Crippen LogP contribution in [0.1, 0.15) is 30.0 Å². The lowest BCUT2D eigenvalue weighted by Gasteiger charge is -2.09. The van der Waals surface area contributed by atoms with Crippen molar-refractivity contribution in [2.24, 2.45) is 5.73 Å². The van der Waals surface area contributed by atoms with Crippen LogP contribution in [0.4, 0.5) is 6.01 Å². The number of nitrogens with one attached hydrogen (secondary N) is 1. The Morgan fingerprint density at radius 2 is 2.30 bits per heavy atom. The van der Waals surface area contributed by atoms with Crippen LogP contribution in [-0.4, -0.2) is 16.8 Å². The van der Waals surface area contributed by atoms with E-state index in [1.54, 1.807) is 6.92 Å². The maximum Gasteiger partial charge on any atom is 0.315 e. The zero-order chi connectivity index (χ0) is 14.1. The Labute approximate surface area is 124 Å². The number of hydrogen-bond donors (Lipinski definition) is 2. The molecule has 0 amide bonds. The third-order valence-corrected chi connectivity index (χ3v) is 3.54. The molecule has 1 aromatic heterocycles. The van der Waals surface area contributed by atoms with E-state index in [0.29, 0.717) is 18.5 Å². The summed E-state index contributed by atoms with van der Waals surface area (Å²) in [6, 6.07) is 4.22. The zero-order valence-corrected chi connectivity index (χ0v) is 12.6. The normalized spacial score (nSPS) is 14.8. The first-order valence-electron chi connectivity index (χ1n) is 6.40. The van der Waals surface area contributed by atoms with E-state index in [1.165, 1.54) is 5.56 Å². The molecule has 0 saturated carbocycles. The van der Waals surface area contributed by atoms with E-state index in [-0.39, 0.29) is 6.04 Å². The van der Waals surface area contributed by atoms with E-state index in [2.05, 4.69) is 37.5 Å². The Balaban J connectivity index is 1.75. The van der Waals surface area contributed by atoms with Gasteiger partial charge in [-0.05, 0) is 24.6 Å². The Hall–Kier alpha value is -1.60. The average Bonchev–Trinajstić information content (AvgIpc) is 3.04. The second-order valence-corrected chi connectivity index (χ2v) is 5.65. The molecule has 0 bridgehead atoms. The van der Waals surface area contributed by atoms with Crippen molar-refractivity contribution >= 4 is 21.9 Å². The zero-order valence-electron chi connectivity index (χ0n) is 11.0. The monoisotopic (exact) mass is 338 g/mol. The number of nitrogens with two attached hydrogens (primary N) is 1. The van der Waals surface area contributed by atoms with Crippen LogP contribution in [0.5, 0.6) is 5.75 Å². The minimum atomic E-state index is -0.267. The molecule has 20 heavy (non-hydrogen) atoms. The van der Waals surface area contributed by atoms with Crippen molar-refractivity contribution in [1.82, 2.24) is 10.2 Å². The summed E-state index contributed by atoms with van der Waals surface area (Å²) in [7, 11) is 0. The van der Waals surface area contributed by atoms with Crippen LogP contribution >= 0.6 is 15.9 Å². The summed E-state index contributed by atoms with van der Waals surface area (Å²) in [5, 5.41) is 10.9. The summed E-state index contributed by atoms with van der Waals surface area (Å²) in [5.41, 5.74) is 7.96. The average molecular weight is 339 g/mol. The van der Waals surface area contributed by atoms with Crippen LogP contribution in [0.2, 0.25) is 0 Å². The molecule has 1 aromatic carbocycles. The molecule has 0 saturated heterocycles. The summed E-state index contributed by atoms with van der Waals surface area (Å²) in [6.07, 6.45) is 0.942. The Bertz CT molecular complexity index is 627. The van der Waals surface area contributed by atoms with Crippen LogP contribution in [0.15, 0.2) is 21.0 Å². The van der Waals surface area contributed by atoms with Gasteiger partial charge in [0.05, 0.1) is 12.6 Å². The van der Waals surface area contributed by atoms with E-state index in [0.717, 1.165) is 28.8 Å². The number of rotatable bonds is 4. The number of hydrogen-bond acceptors (Lipinski definition) is 6. The highest BCUT2D eigenvalue weighted by Crippen LogP contribution is 2.33. The second-order valence-electron chi connectivity index (χ2n) is 4.74. The van der Waals surface area contributed by atoms with E-state index in [1.807, 2.05) is 6.07 Å². The molecule has 0 aliphatic carbocycles. The molecule has 1 unspecified atom stereocenters. The number of benzene rings is 1. The van der Waals surface area contributed by atoms with E-state index in [4.69, 9.17) is 14.9 Å². The van der Waals surface area contributed by atoms with Crippen LogP contribution < -0.4 is 15.8 Å². The largest absolute Gasteiger partial charge is 0.493 e. The van der Waals surface area contributed by atoms with Gasteiger partial charge in [-0.2, -0.15) is 0 Å². The van der Waals surface area contributed by atoms with Crippen molar-refractivity contribution in [3.05, 3.63) is 33.6 Å². The van der Waals surface area contributed by atoms with Gasteiger partial charge in [-0.15, -0.1) is 5.10 Å². The standard InChI is InChI=1S/C13H15BrN4O2/c1-7(15)12-17-18-13(20-12)16-6-9-5-10(14)4-8-2-3-19-11(8)9/h4-5,7H,2-3,6,15H2,1H3,(H,16,18). The molecule has 1 atom stereocenters. The topological polar surface area (TPSA) is 86.2 Å². The number of ether oxygens (including phenoxy) is 1. The summed E-state index contributed by atoms with van der Waals surface area (Å²) in [5.74, 6) is 1.37. The molecule has 3 N–H and O–H groups in total. The van der Waals surface area contributed by atoms with Crippen molar-refractivity contribution in [3.63, 3.8) is 0 Å². The maximum absolute atomic E-state index is 5.68. The van der Waals surface area contributed by atoms with Gasteiger partial charge in [-0.25, -0.2) is 0 Å². The van der Waals surface area contributed by atoms with Crippen molar-refractivity contribution < 1.29 is 9.15 Å². The molecule has 0 fully saturated rings. The summed E-state index contributed by atoms with van der Waals surface area (Å²) in [4.78, 5) is 0. The summed E-state index contributed by atoms with van der Waals surface area (Å²) >= 11 is 3.51. The van der Waals surface area contributed by atoms with Crippen molar-refractivity contribution in [2.45, 2.75) is 25.9 Å². The highest BCUT2D eigenvalue weighted by molar-refractivity contribution is 9.10. The fourth-order valence-electron chi connectivity index (χ4n) is 2.14. The number of fused-ring (bicyclic) bond motifs is 1. The van der Waals surface area contributed by atoms with E-state index in [9.17, 15) is 0 Å². The first-order chi connectivity index (χ1) is 9.63.